The van der Waals surface area contributed by atoms with Crippen molar-refractivity contribution in [2.45, 2.75) is 10.9 Å². The molecule has 4 nitrogen and oxygen atoms in total. The first-order valence-electron chi connectivity index (χ1n) is 6.07. The van der Waals surface area contributed by atoms with Crippen LogP contribution in [-0.2, 0) is 9.53 Å². The molecular weight excluding hydrogens is 248 g/mol. The average molecular weight is 266 g/mol. The van der Waals surface area contributed by atoms with Gasteiger partial charge in [-0.1, -0.05) is 18.2 Å². The molecule has 1 amide bonds. The van der Waals surface area contributed by atoms with Crippen molar-refractivity contribution in [2.24, 2.45) is 5.73 Å². The van der Waals surface area contributed by atoms with Gasteiger partial charge in [-0.25, -0.2) is 0 Å². The largest absolute Gasteiger partial charge is 0.378 e. The minimum atomic E-state index is -0.437. The van der Waals surface area contributed by atoms with E-state index in [-0.39, 0.29) is 5.91 Å². The van der Waals surface area contributed by atoms with Crippen LogP contribution < -0.4 is 5.73 Å². The van der Waals surface area contributed by atoms with Gasteiger partial charge in [-0.15, -0.1) is 11.8 Å². The van der Waals surface area contributed by atoms with Crippen LogP contribution in [0.5, 0.6) is 0 Å². The van der Waals surface area contributed by atoms with Crippen LogP contribution >= 0.6 is 11.8 Å². The van der Waals surface area contributed by atoms with Crippen molar-refractivity contribution in [1.82, 2.24) is 4.90 Å². The zero-order chi connectivity index (χ0) is 12.8. The molecule has 0 unspecified atom stereocenters. The van der Waals surface area contributed by atoms with Crippen molar-refractivity contribution in [3.8, 4) is 0 Å². The van der Waals surface area contributed by atoms with E-state index in [0.29, 0.717) is 32.1 Å². The monoisotopic (exact) mass is 266 g/mol. The van der Waals surface area contributed by atoms with Gasteiger partial charge >= 0.3 is 0 Å². The van der Waals surface area contributed by atoms with Gasteiger partial charge in [0.15, 0.2) is 0 Å². The second-order valence-electron chi connectivity index (χ2n) is 4.17. The summed E-state index contributed by atoms with van der Waals surface area (Å²) in [6.45, 7) is 2.54. The van der Waals surface area contributed by atoms with Crippen LogP contribution in [-0.4, -0.2) is 48.9 Å². The van der Waals surface area contributed by atoms with Gasteiger partial charge in [0, 0.05) is 23.7 Å². The Bertz CT molecular complexity index is 380. The van der Waals surface area contributed by atoms with Gasteiger partial charge in [0.1, 0.15) is 0 Å². The topological polar surface area (TPSA) is 55.6 Å². The van der Waals surface area contributed by atoms with Crippen LogP contribution in [0.25, 0.3) is 0 Å². The third kappa shape index (κ3) is 3.73. The minimum absolute atomic E-state index is 0.0294. The van der Waals surface area contributed by atoms with E-state index in [1.807, 2.05) is 30.3 Å². The van der Waals surface area contributed by atoms with Gasteiger partial charge in [0.25, 0.3) is 0 Å². The van der Waals surface area contributed by atoms with Crippen LogP contribution in [0.15, 0.2) is 35.2 Å². The summed E-state index contributed by atoms with van der Waals surface area (Å²) in [5.41, 5.74) is 5.94. The molecule has 1 aromatic rings. The van der Waals surface area contributed by atoms with Gasteiger partial charge in [-0.2, -0.15) is 0 Å². The lowest BCUT2D eigenvalue weighted by Gasteiger charge is -2.29. The highest BCUT2D eigenvalue weighted by Gasteiger charge is 2.22. The number of carbonyl (C=O) groups excluding carboxylic acids is 1. The summed E-state index contributed by atoms with van der Waals surface area (Å²) in [7, 11) is 0. The maximum Gasteiger partial charge on any atom is 0.240 e. The van der Waals surface area contributed by atoms with E-state index in [4.69, 9.17) is 10.5 Å². The summed E-state index contributed by atoms with van der Waals surface area (Å²) in [6, 6.07) is 9.55. The van der Waals surface area contributed by atoms with Crippen LogP contribution in [0.4, 0.5) is 0 Å². The fourth-order valence-corrected chi connectivity index (χ4v) is 2.66. The molecular formula is C13H18N2O2S. The van der Waals surface area contributed by atoms with Crippen molar-refractivity contribution in [3.05, 3.63) is 30.3 Å². The number of benzene rings is 1. The first-order chi connectivity index (χ1) is 8.77. The Kier molecular flexibility index (Phi) is 5.04. The van der Waals surface area contributed by atoms with E-state index < -0.39 is 6.04 Å². The summed E-state index contributed by atoms with van der Waals surface area (Å²) >= 11 is 1.62. The number of carbonyl (C=O) groups is 1. The maximum atomic E-state index is 12.1. The van der Waals surface area contributed by atoms with Crippen molar-refractivity contribution >= 4 is 17.7 Å². The molecule has 1 aliphatic heterocycles. The van der Waals surface area contributed by atoms with E-state index in [9.17, 15) is 4.79 Å². The standard InChI is InChI=1S/C13H18N2O2S/c14-12(10-18-11-4-2-1-3-5-11)13(16)15-6-8-17-9-7-15/h1-5,12H,6-10,14H2/t12-/m0/s1. The molecule has 5 heteroatoms. The zero-order valence-electron chi connectivity index (χ0n) is 10.2. The van der Waals surface area contributed by atoms with Crippen LogP contribution in [0, 0.1) is 0 Å². The van der Waals surface area contributed by atoms with Crippen molar-refractivity contribution in [1.29, 1.82) is 0 Å². The SMILES string of the molecule is N[C@@H](CSc1ccccc1)C(=O)N1CCOCC1. The summed E-state index contributed by atoms with van der Waals surface area (Å²) in [4.78, 5) is 15.0. The zero-order valence-corrected chi connectivity index (χ0v) is 11.1. The summed E-state index contributed by atoms with van der Waals surface area (Å²) in [5, 5.41) is 0. The molecule has 0 spiro atoms. The van der Waals surface area contributed by atoms with Crippen LogP contribution in [0.3, 0.4) is 0 Å². The molecule has 0 aromatic heterocycles. The smallest absolute Gasteiger partial charge is 0.240 e. The fraction of sp³-hybridized carbons (Fsp3) is 0.462. The Morgan fingerprint density at radius 2 is 2.00 bits per heavy atom. The minimum Gasteiger partial charge on any atom is -0.378 e. The Morgan fingerprint density at radius 1 is 1.33 bits per heavy atom. The van der Waals surface area contributed by atoms with E-state index in [0.717, 1.165) is 4.90 Å². The summed E-state index contributed by atoms with van der Waals surface area (Å²) in [5.74, 6) is 0.641. The lowest BCUT2D eigenvalue weighted by molar-refractivity contribution is -0.136. The first-order valence-corrected chi connectivity index (χ1v) is 7.06. The highest BCUT2D eigenvalue weighted by atomic mass is 32.2. The predicted molar refractivity (Wildman–Crippen MR) is 72.5 cm³/mol. The van der Waals surface area contributed by atoms with Gasteiger partial charge in [0.2, 0.25) is 5.91 Å². The lowest BCUT2D eigenvalue weighted by Crippen LogP contribution is -2.49. The number of hydrogen-bond donors (Lipinski definition) is 1. The van der Waals surface area contributed by atoms with Gasteiger partial charge in [-0.05, 0) is 12.1 Å². The van der Waals surface area contributed by atoms with E-state index in [2.05, 4.69) is 0 Å². The second kappa shape index (κ2) is 6.78. The van der Waals surface area contributed by atoms with E-state index in [1.165, 1.54) is 0 Å². The normalized spacial score (nSPS) is 17.5. The van der Waals surface area contributed by atoms with Crippen molar-refractivity contribution < 1.29 is 9.53 Å². The van der Waals surface area contributed by atoms with Crippen LogP contribution in [0.2, 0.25) is 0 Å². The third-order valence-electron chi connectivity index (χ3n) is 2.81. The number of nitrogens with two attached hydrogens (primary N) is 1. The number of ether oxygens (including phenoxy) is 1. The highest BCUT2D eigenvalue weighted by molar-refractivity contribution is 7.99. The van der Waals surface area contributed by atoms with Crippen molar-refractivity contribution in [2.75, 3.05) is 32.1 Å². The average Bonchev–Trinajstić information content (AvgIpc) is 2.46. The molecule has 0 bridgehead atoms. The van der Waals surface area contributed by atoms with E-state index in [1.54, 1.807) is 16.7 Å². The number of amides is 1. The molecule has 2 N–H and O–H groups in total. The lowest BCUT2D eigenvalue weighted by atomic mass is 10.3. The molecule has 1 saturated heterocycles. The van der Waals surface area contributed by atoms with Gasteiger partial charge in [0.05, 0.1) is 19.3 Å². The third-order valence-corrected chi connectivity index (χ3v) is 3.94. The van der Waals surface area contributed by atoms with Gasteiger partial charge in [-0.3, -0.25) is 4.79 Å². The number of thioether (sulfide) groups is 1. The van der Waals surface area contributed by atoms with Crippen molar-refractivity contribution in [3.63, 3.8) is 0 Å². The Labute approximate surface area is 111 Å². The quantitative estimate of drug-likeness (QED) is 0.825. The molecule has 18 heavy (non-hydrogen) atoms. The van der Waals surface area contributed by atoms with Gasteiger partial charge < -0.3 is 15.4 Å². The maximum absolute atomic E-state index is 12.1. The fourth-order valence-electron chi connectivity index (χ4n) is 1.79. The number of nitrogens with zero attached hydrogens (tertiary/aromatic N) is 1. The highest BCUT2D eigenvalue weighted by Crippen LogP contribution is 2.18. The first kappa shape index (κ1) is 13.4. The molecule has 1 aromatic carbocycles. The number of rotatable bonds is 4. The Balaban J connectivity index is 1.80. The molecule has 1 fully saturated rings. The molecule has 98 valence electrons. The van der Waals surface area contributed by atoms with E-state index >= 15 is 0 Å². The molecule has 0 saturated carbocycles. The van der Waals surface area contributed by atoms with Crippen LogP contribution in [0.1, 0.15) is 0 Å². The summed E-state index contributed by atoms with van der Waals surface area (Å²) < 4.78 is 5.22. The molecule has 1 atom stereocenters. The predicted octanol–water partition coefficient (Wildman–Crippen LogP) is 0.965. The Morgan fingerprint density at radius 3 is 2.67 bits per heavy atom. The number of morpholine rings is 1. The molecule has 2 rings (SSSR count). The molecule has 1 aliphatic rings. The Hall–Kier alpha value is -1.04. The number of hydrogen-bond acceptors (Lipinski definition) is 4. The molecule has 1 heterocycles. The second-order valence-corrected chi connectivity index (χ2v) is 5.26. The summed E-state index contributed by atoms with van der Waals surface area (Å²) in [6.07, 6.45) is 0. The molecule has 0 radical (unpaired) electrons. The molecule has 0 aliphatic carbocycles.